The number of rotatable bonds is 3. The van der Waals surface area contributed by atoms with Gasteiger partial charge in [-0.1, -0.05) is 18.2 Å². The van der Waals surface area contributed by atoms with Crippen LogP contribution in [0.1, 0.15) is 5.56 Å². The number of nitrogens with one attached hydrogen (secondary N) is 1. The number of hydrogen-bond acceptors (Lipinski definition) is 5. The van der Waals surface area contributed by atoms with Crippen LogP contribution >= 0.6 is 0 Å². The van der Waals surface area contributed by atoms with E-state index in [1.54, 1.807) is 12.4 Å². The second-order valence-electron chi connectivity index (χ2n) is 7.09. The van der Waals surface area contributed by atoms with E-state index in [-0.39, 0.29) is 0 Å². The van der Waals surface area contributed by atoms with Crippen LogP contribution in [0.3, 0.4) is 0 Å². The van der Waals surface area contributed by atoms with Crippen LogP contribution in [0.2, 0.25) is 0 Å². The first kappa shape index (κ1) is 17.2. The average Bonchev–Trinajstić information content (AvgIpc) is 3.12. The average molecular weight is 381 g/mol. The first-order chi connectivity index (χ1) is 14.1. The minimum absolute atomic E-state index is 0.296. The number of phenolic OH excluding ortho intramolecular Hbond substituents is 1. The van der Waals surface area contributed by atoms with Gasteiger partial charge in [0, 0.05) is 17.8 Å². The van der Waals surface area contributed by atoms with Gasteiger partial charge in [0.2, 0.25) is 0 Å². The van der Waals surface area contributed by atoms with Crippen LogP contribution in [0.15, 0.2) is 67.1 Å². The topological polar surface area (TPSA) is 75.9 Å². The number of anilines is 2. The molecule has 2 aromatic heterocycles. The number of fused-ring (bicyclic) bond motifs is 2. The van der Waals surface area contributed by atoms with Crippen molar-refractivity contribution in [1.82, 2.24) is 19.7 Å². The Labute approximate surface area is 167 Å². The summed E-state index contributed by atoms with van der Waals surface area (Å²) in [6, 6.07) is 17.8. The molecule has 0 radical (unpaired) electrons. The van der Waals surface area contributed by atoms with Crippen molar-refractivity contribution in [2.75, 3.05) is 5.32 Å². The molecule has 0 aliphatic rings. The minimum Gasteiger partial charge on any atom is -0.508 e. The van der Waals surface area contributed by atoms with E-state index in [4.69, 9.17) is 0 Å². The molecule has 6 nitrogen and oxygen atoms in total. The standard InChI is InChI=1S/C23H19N5O/c1-14-10-15(7-9-22(14)29)16-6-8-19-17(11-16)23(25-13-24-19)27-20-4-3-5-21-18(20)12-26-28(21)2/h3-13,29H,1-2H3,(H,24,25,27). The molecule has 2 N–H and O–H groups in total. The highest BCUT2D eigenvalue weighted by Crippen LogP contribution is 2.32. The zero-order valence-corrected chi connectivity index (χ0v) is 16.1. The molecule has 0 unspecified atom stereocenters. The van der Waals surface area contributed by atoms with E-state index in [2.05, 4.69) is 26.4 Å². The third kappa shape index (κ3) is 2.95. The fourth-order valence-corrected chi connectivity index (χ4v) is 3.58. The maximum Gasteiger partial charge on any atom is 0.141 e. The molecule has 0 spiro atoms. The fourth-order valence-electron chi connectivity index (χ4n) is 3.58. The van der Waals surface area contributed by atoms with Gasteiger partial charge in [-0.05, 0) is 60.0 Å². The minimum atomic E-state index is 0.296. The van der Waals surface area contributed by atoms with E-state index in [1.165, 1.54) is 0 Å². The predicted molar refractivity (Wildman–Crippen MR) is 115 cm³/mol. The Morgan fingerprint density at radius 2 is 1.76 bits per heavy atom. The third-order valence-electron chi connectivity index (χ3n) is 5.21. The Morgan fingerprint density at radius 3 is 2.62 bits per heavy atom. The van der Waals surface area contributed by atoms with Crippen LogP contribution in [-0.2, 0) is 7.05 Å². The first-order valence-electron chi connectivity index (χ1n) is 9.32. The summed E-state index contributed by atoms with van der Waals surface area (Å²) in [5.74, 6) is 1.04. The molecular weight excluding hydrogens is 362 g/mol. The van der Waals surface area contributed by atoms with E-state index in [0.717, 1.165) is 50.0 Å². The Kier molecular flexibility index (Phi) is 3.91. The quantitative estimate of drug-likeness (QED) is 0.463. The number of hydrogen-bond donors (Lipinski definition) is 2. The van der Waals surface area contributed by atoms with Gasteiger partial charge in [0.1, 0.15) is 17.9 Å². The number of phenols is 1. The van der Waals surface area contributed by atoms with Gasteiger partial charge >= 0.3 is 0 Å². The summed E-state index contributed by atoms with van der Waals surface area (Å²) in [5, 5.41) is 19.6. The summed E-state index contributed by atoms with van der Waals surface area (Å²) < 4.78 is 1.85. The highest BCUT2D eigenvalue weighted by molar-refractivity contribution is 5.98. The van der Waals surface area contributed by atoms with Crippen LogP contribution in [0.5, 0.6) is 5.75 Å². The molecule has 0 fully saturated rings. The molecule has 3 aromatic carbocycles. The summed E-state index contributed by atoms with van der Waals surface area (Å²) in [7, 11) is 1.93. The maximum atomic E-state index is 9.82. The molecular formula is C23H19N5O. The largest absolute Gasteiger partial charge is 0.508 e. The monoisotopic (exact) mass is 381 g/mol. The third-order valence-corrected chi connectivity index (χ3v) is 5.21. The summed E-state index contributed by atoms with van der Waals surface area (Å²) >= 11 is 0. The summed E-state index contributed by atoms with van der Waals surface area (Å²) in [6.07, 6.45) is 3.42. The lowest BCUT2D eigenvalue weighted by Gasteiger charge is -2.11. The van der Waals surface area contributed by atoms with Crippen LogP contribution in [-0.4, -0.2) is 24.9 Å². The normalized spacial score (nSPS) is 11.2. The van der Waals surface area contributed by atoms with Crippen molar-refractivity contribution in [2.24, 2.45) is 7.05 Å². The highest BCUT2D eigenvalue weighted by atomic mass is 16.3. The van der Waals surface area contributed by atoms with E-state index < -0.39 is 0 Å². The highest BCUT2D eigenvalue weighted by Gasteiger charge is 2.10. The van der Waals surface area contributed by atoms with Gasteiger partial charge in [0.15, 0.2) is 0 Å². The molecule has 0 aliphatic carbocycles. The maximum absolute atomic E-state index is 9.82. The van der Waals surface area contributed by atoms with Gasteiger partial charge in [0.25, 0.3) is 0 Å². The van der Waals surface area contributed by atoms with Crippen LogP contribution in [0.25, 0.3) is 32.9 Å². The molecule has 0 bridgehead atoms. The van der Waals surface area contributed by atoms with Crippen molar-refractivity contribution in [1.29, 1.82) is 0 Å². The Hall–Kier alpha value is -3.93. The van der Waals surface area contributed by atoms with Crippen molar-refractivity contribution in [2.45, 2.75) is 6.92 Å². The Morgan fingerprint density at radius 1 is 0.931 bits per heavy atom. The summed E-state index contributed by atoms with van der Waals surface area (Å²) in [6.45, 7) is 1.89. The molecule has 2 heterocycles. The van der Waals surface area contributed by atoms with E-state index in [1.807, 2.05) is 67.3 Å². The SMILES string of the molecule is Cc1cc(-c2ccc3ncnc(Nc4cccc5c4cnn5C)c3c2)ccc1O. The van der Waals surface area contributed by atoms with Gasteiger partial charge in [0.05, 0.1) is 22.9 Å². The second kappa shape index (κ2) is 6.60. The molecule has 5 aromatic rings. The van der Waals surface area contributed by atoms with E-state index in [9.17, 15) is 5.11 Å². The number of aromatic nitrogens is 4. The molecule has 29 heavy (non-hydrogen) atoms. The Balaban J connectivity index is 1.63. The summed E-state index contributed by atoms with van der Waals surface area (Å²) in [5.41, 5.74) is 5.77. The first-order valence-corrected chi connectivity index (χ1v) is 9.32. The number of nitrogens with zero attached hydrogens (tertiary/aromatic N) is 4. The van der Waals surface area contributed by atoms with Crippen LogP contribution < -0.4 is 5.32 Å². The number of aryl methyl sites for hydroxylation is 2. The van der Waals surface area contributed by atoms with E-state index >= 15 is 0 Å². The van der Waals surface area contributed by atoms with Crippen molar-refractivity contribution in [3.05, 3.63) is 72.7 Å². The second-order valence-corrected chi connectivity index (χ2v) is 7.09. The smallest absolute Gasteiger partial charge is 0.141 e. The van der Waals surface area contributed by atoms with Crippen molar-refractivity contribution in [3.8, 4) is 16.9 Å². The molecule has 5 rings (SSSR count). The van der Waals surface area contributed by atoms with Gasteiger partial charge in [-0.2, -0.15) is 5.10 Å². The molecule has 0 aliphatic heterocycles. The predicted octanol–water partition coefficient (Wildman–Crippen LogP) is 4.94. The van der Waals surface area contributed by atoms with Gasteiger partial charge in [-0.3, -0.25) is 4.68 Å². The van der Waals surface area contributed by atoms with Crippen LogP contribution in [0, 0.1) is 6.92 Å². The van der Waals surface area contributed by atoms with Gasteiger partial charge in [-0.15, -0.1) is 0 Å². The molecule has 0 saturated heterocycles. The van der Waals surface area contributed by atoms with Crippen molar-refractivity contribution in [3.63, 3.8) is 0 Å². The molecule has 0 saturated carbocycles. The zero-order valence-electron chi connectivity index (χ0n) is 16.1. The molecule has 0 atom stereocenters. The lowest BCUT2D eigenvalue weighted by molar-refractivity contribution is 0.471. The van der Waals surface area contributed by atoms with Crippen molar-refractivity contribution < 1.29 is 5.11 Å². The fraction of sp³-hybridized carbons (Fsp3) is 0.0870. The van der Waals surface area contributed by atoms with Gasteiger partial charge < -0.3 is 10.4 Å². The number of benzene rings is 3. The molecule has 0 amide bonds. The van der Waals surface area contributed by atoms with Crippen LogP contribution in [0.4, 0.5) is 11.5 Å². The van der Waals surface area contributed by atoms with Gasteiger partial charge in [-0.25, -0.2) is 9.97 Å². The lowest BCUT2D eigenvalue weighted by Crippen LogP contribution is -1.97. The Bertz CT molecular complexity index is 1370. The zero-order chi connectivity index (χ0) is 20.0. The number of aromatic hydroxyl groups is 1. The van der Waals surface area contributed by atoms with Crippen molar-refractivity contribution >= 4 is 33.3 Å². The molecule has 142 valence electrons. The molecule has 6 heteroatoms. The van der Waals surface area contributed by atoms with E-state index in [0.29, 0.717) is 5.75 Å². The lowest BCUT2D eigenvalue weighted by atomic mass is 10.0. The summed E-state index contributed by atoms with van der Waals surface area (Å²) in [4.78, 5) is 8.90.